The van der Waals surface area contributed by atoms with Gasteiger partial charge in [-0.2, -0.15) is 4.98 Å². The van der Waals surface area contributed by atoms with E-state index in [9.17, 15) is 14.4 Å². The molecule has 0 spiro atoms. The summed E-state index contributed by atoms with van der Waals surface area (Å²) in [5.41, 5.74) is 0.333. The van der Waals surface area contributed by atoms with Gasteiger partial charge in [0.2, 0.25) is 5.91 Å². The molecule has 116 valence electrons. The fraction of sp³-hybridized carbons (Fsp3) is 0.571. The summed E-state index contributed by atoms with van der Waals surface area (Å²) in [6.45, 7) is 7.85. The largest absolute Gasteiger partial charge is 0.355 e. The van der Waals surface area contributed by atoms with Crippen LogP contribution in [0.3, 0.4) is 0 Å². The Hall–Kier alpha value is -1.63. The van der Waals surface area contributed by atoms with Crippen molar-refractivity contribution in [2.24, 2.45) is 5.92 Å². The SMILES string of the molecule is CC(=O)c1c(SCC(=O)NCCC(C)C)nc(=O)[nH]c1C. The Labute approximate surface area is 128 Å². The second kappa shape index (κ2) is 7.97. The third-order valence-corrected chi connectivity index (χ3v) is 3.80. The highest BCUT2D eigenvalue weighted by Crippen LogP contribution is 2.20. The molecule has 0 radical (unpaired) electrons. The van der Waals surface area contributed by atoms with Crippen molar-refractivity contribution in [1.82, 2.24) is 15.3 Å². The minimum Gasteiger partial charge on any atom is -0.355 e. The lowest BCUT2D eigenvalue weighted by Crippen LogP contribution is -2.27. The lowest BCUT2D eigenvalue weighted by atomic mass is 10.1. The number of ketones is 1. The monoisotopic (exact) mass is 311 g/mol. The Morgan fingerprint density at radius 2 is 2.05 bits per heavy atom. The van der Waals surface area contributed by atoms with Gasteiger partial charge in [0, 0.05) is 12.2 Å². The van der Waals surface area contributed by atoms with Gasteiger partial charge in [0.1, 0.15) is 5.03 Å². The summed E-state index contributed by atoms with van der Waals surface area (Å²) in [6.07, 6.45) is 0.914. The van der Waals surface area contributed by atoms with E-state index in [0.717, 1.165) is 18.2 Å². The molecule has 0 atom stereocenters. The number of aromatic amines is 1. The fourth-order valence-corrected chi connectivity index (χ4v) is 2.72. The van der Waals surface area contributed by atoms with Gasteiger partial charge < -0.3 is 10.3 Å². The minimum absolute atomic E-state index is 0.130. The number of thioether (sulfide) groups is 1. The van der Waals surface area contributed by atoms with Gasteiger partial charge >= 0.3 is 5.69 Å². The van der Waals surface area contributed by atoms with Crippen molar-refractivity contribution in [1.29, 1.82) is 0 Å². The molecule has 1 rings (SSSR count). The van der Waals surface area contributed by atoms with Crippen LogP contribution in [-0.2, 0) is 4.79 Å². The van der Waals surface area contributed by atoms with Crippen LogP contribution >= 0.6 is 11.8 Å². The van der Waals surface area contributed by atoms with E-state index in [1.807, 2.05) is 0 Å². The number of carbonyl (C=O) groups is 2. The normalized spacial score (nSPS) is 10.7. The Kier molecular flexibility index (Phi) is 6.61. The second-order valence-corrected chi connectivity index (χ2v) is 6.19. The third-order valence-electron chi connectivity index (χ3n) is 2.82. The molecule has 1 heterocycles. The summed E-state index contributed by atoms with van der Waals surface area (Å²) in [5, 5.41) is 3.11. The molecule has 0 unspecified atom stereocenters. The van der Waals surface area contributed by atoms with E-state index >= 15 is 0 Å². The first-order chi connectivity index (χ1) is 9.81. The number of Topliss-reactive ketones (excluding diaryl/α,β-unsaturated/α-hetero) is 1. The first-order valence-corrected chi connectivity index (χ1v) is 7.81. The highest BCUT2D eigenvalue weighted by atomic mass is 32.2. The second-order valence-electron chi connectivity index (χ2n) is 5.22. The zero-order chi connectivity index (χ0) is 16.0. The molecule has 0 bridgehead atoms. The van der Waals surface area contributed by atoms with Crippen LogP contribution in [-0.4, -0.2) is 34.0 Å². The highest BCUT2D eigenvalue weighted by molar-refractivity contribution is 8.00. The summed E-state index contributed by atoms with van der Waals surface area (Å²) >= 11 is 1.11. The number of nitrogens with one attached hydrogen (secondary N) is 2. The van der Waals surface area contributed by atoms with Crippen molar-refractivity contribution >= 4 is 23.5 Å². The summed E-state index contributed by atoms with van der Waals surface area (Å²) in [5.74, 6) is 0.349. The first-order valence-electron chi connectivity index (χ1n) is 6.82. The number of carbonyl (C=O) groups excluding carboxylic acids is 2. The van der Waals surface area contributed by atoms with Crippen molar-refractivity contribution < 1.29 is 9.59 Å². The van der Waals surface area contributed by atoms with Gasteiger partial charge in [-0.15, -0.1) is 0 Å². The number of nitrogens with zero attached hydrogens (tertiary/aromatic N) is 1. The lowest BCUT2D eigenvalue weighted by Gasteiger charge is -2.09. The first kappa shape index (κ1) is 17.4. The Bertz CT molecular complexity index is 581. The molecule has 0 saturated carbocycles. The van der Waals surface area contributed by atoms with Crippen LogP contribution in [0.15, 0.2) is 9.82 Å². The maximum Gasteiger partial charge on any atom is 0.346 e. The van der Waals surface area contributed by atoms with Crippen molar-refractivity contribution in [3.05, 3.63) is 21.7 Å². The van der Waals surface area contributed by atoms with E-state index in [1.54, 1.807) is 6.92 Å². The van der Waals surface area contributed by atoms with Crippen LogP contribution in [0.1, 0.15) is 43.2 Å². The molecule has 0 aromatic carbocycles. The number of aryl methyl sites for hydroxylation is 1. The number of aromatic nitrogens is 2. The number of hydrogen-bond acceptors (Lipinski definition) is 5. The van der Waals surface area contributed by atoms with Gasteiger partial charge in [0.05, 0.1) is 11.3 Å². The predicted molar refractivity (Wildman–Crippen MR) is 82.8 cm³/mol. The van der Waals surface area contributed by atoms with Crippen LogP contribution in [0, 0.1) is 12.8 Å². The lowest BCUT2D eigenvalue weighted by molar-refractivity contribution is -0.118. The average molecular weight is 311 g/mol. The van der Waals surface area contributed by atoms with Gasteiger partial charge in [-0.3, -0.25) is 9.59 Å². The summed E-state index contributed by atoms with van der Waals surface area (Å²) in [6, 6.07) is 0. The van der Waals surface area contributed by atoms with Crippen molar-refractivity contribution in [2.75, 3.05) is 12.3 Å². The number of H-pyrrole nitrogens is 1. The molecule has 0 aliphatic rings. The smallest absolute Gasteiger partial charge is 0.346 e. The van der Waals surface area contributed by atoms with Gasteiger partial charge in [0.15, 0.2) is 5.78 Å². The van der Waals surface area contributed by atoms with Crippen LogP contribution in [0.25, 0.3) is 0 Å². The zero-order valence-electron chi connectivity index (χ0n) is 12.8. The molecule has 1 aromatic heterocycles. The molecular formula is C14H21N3O3S. The van der Waals surface area contributed by atoms with Crippen LogP contribution in [0.5, 0.6) is 0 Å². The van der Waals surface area contributed by atoms with E-state index in [-0.39, 0.29) is 17.4 Å². The van der Waals surface area contributed by atoms with Crippen molar-refractivity contribution in [3.8, 4) is 0 Å². The molecule has 1 aromatic rings. The molecule has 0 saturated heterocycles. The molecular weight excluding hydrogens is 290 g/mol. The molecule has 6 nitrogen and oxygen atoms in total. The maximum absolute atomic E-state index is 11.7. The summed E-state index contributed by atoms with van der Waals surface area (Å²) in [7, 11) is 0. The van der Waals surface area contributed by atoms with E-state index in [2.05, 4.69) is 29.1 Å². The van der Waals surface area contributed by atoms with Crippen LogP contribution in [0.2, 0.25) is 0 Å². The highest BCUT2D eigenvalue weighted by Gasteiger charge is 2.15. The van der Waals surface area contributed by atoms with E-state index in [1.165, 1.54) is 6.92 Å². The Morgan fingerprint density at radius 1 is 1.38 bits per heavy atom. The topological polar surface area (TPSA) is 91.9 Å². The number of amides is 1. The van der Waals surface area contributed by atoms with Gasteiger partial charge in [0.25, 0.3) is 0 Å². The number of rotatable bonds is 7. The van der Waals surface area contributed by atoms with Crippen LogP contribution < -0.4 is 11.0 Å². The molecule has 0 aliphatic carbocycles. The molecule has 7 heteroatoms. The fourth-order valence-electron chi connectivity index (χ4n) is 1.76. The molecule has 0 aliphatic heterocycles. The zero-order valence-corrected chi connectivity index (χ0v) is 13.6. The molecule has 0 fully saturated rings. The quantitative estimate of drug-likeness (QED) is 0.453. The minimum atomic E-state index is -0.514. The van der Waals surface area contributed by atoms with Gasteiger partial charge in [-0.1, -0.05) is 25.6 Å². The molecule has 21 heavy (non-hydrogen) atoms. The Morgan fingerprint density at radius 3 is 2.62 bits per heavy atom. The van der Waals surface area contributed by atoms with E-state index in [0.29, 0.717) is 28.7 Å². The average Bonchev–Trinajstić information content (AvgIpc) is 2.34. The third kappa shape index (κ3) is 5.71. The van der Waals surface area contributed by atoms with E-state index in [4.69, 9.17) is 0 Å². The molecule has 1 amide bonds. The Balaban J connectivity index is 2.69. The van der Waals surface area contributed by atoms with Crippen molar-refractivity contribution in [3.63, 3.8) is 0 Å². The molecule has 2 N–H and O–H groups in total. The van der Waals surface area contributed by atoms with Crippen LogP contribution in [0.4, 0.5) is 0 Å². The number of hydrogen-bond donors (Lipinski definition) is 2. The predicted octanol–water partition coefficient (Wildman–Crippen LogP) is 1.54. The van der Waals surface area contributed by atoms with Crippen molar-refractivity contribution in [2.45, 2.75) is 39.1 Å². The van der Waals surface area contributed by atoms with Gasteiger partial charge in [-0.05, 0) is 26.2 Å². The summed E-state index contributed by atoms with van der Waals surface area (Å²) in [4.78, 5) is 41.0. The van der Waals surface area contributed by atoms with Gasteiger partial charge in [-0.25, -0.2) is 4.79 Å². The van der Waals surface area contributed by atoms with E-state index < -0.39 is 5.69 Å². The summed E-state index contributed by atoms with van der Waals surface area (Å²) < 4.78 is 0. The maximum atomic E-state index is 11.7. The standard InChI is InChI=1S/C14H21N3O3S/c1-8(2)5-6-15-11(19)7-21-13-12(10(4)18)9(3)16-14(20)17-13/h8H,5-7H2,1-4H3,(H,15,19)(H,16,17,20).